The molecular weight excluding hydrogens is 219 g/mol. The molecule has 4 heteroatoms. The fourth-order valence-electron chi connectivity index (χ4n) is 0.914. The first-order valence-electron chi connectivity index (χ1n) is 3.04. The van der Waals surface area contributed by atoms with Crippen LogP contribution in [-0.2, 0) is 0 Å². The molecule has 58 valence electrons. The Labute approximate surface area is 83.0 Å². The molecule has 0 saturated heterocycles. The molecule has 1 unspecified atom stereocenters. The zero-order chi connectivity index (χ0) is 7.84. The van der Waals surface area contributed by atoms with Crippen LogP contribution in [0.4, 0.5) is 0 Å². The fraction of sp³-hybridized carbons (Fsp3) is 0.143. The molecule has 2 rings (SSSR count). The maximum Gasteiger partial charge on any atom is 0.116 e. The van der Waals surface area contributed by atoms with Crippen molar-refractivity contribution in [2.24, 2.45) is 0 Å². The maximum absolute atomic E-state index is 5.99. The van der Waals surface area contributed by atoms with Gasteiger partial charge in [0.25, 0.3) is 0 Å². The van der Waals surface area contributed by atoms with E-state index in [0.717, 1.165) is 5.02 Å². The second-order valence-electron chi connectivity index (χ2n) is 2.18. The van der Waals surface area contributed by atoms with E-state index in [9.17, 15) is 0 Å². The summed E-state index contributed by atoms with van der Waals surface area (Å²) in [6.07, 6.45) is 0. The van der Waals surface area contributed by atoms with Crippen molar-refractivity contribution >= 4 is 44.8 Å². The van der Waals surface area contributed by atoms with Gasteiger partial charge >= 0.3 is 0 Å². The van der Waals surface area contributed by atoms with Gasteiger partial charge in [-0.15, -0.1) is 11.6 Å². The van der Waals surface area contributed by atoms with Crippen LogP contribution in [0.1, 0.15) is 10.3 Å². The lowest BCUT2D eigenvalue weighted by molar-refractivity contribution is 1.26. The predicted molar refractivity (Wildman–Crippen MR) is 53.5 cm³/mol. The summed E-state index contributed by atoms with van der Waals surface area (Å²) in [7, 11) is 3.35. The Kier molecular flexibility index (Phi) is 2.28. The molecule has 1 atom stereocenters. The Bertz CT molecular complexity index is 288. The molecule has 0 aromatic heterocycles. The summed E-state index contributed by atoms with van der Waals surface area (Å²) >= 11 is 11.8. The van der Waals surface area contributed by atoms with Crippen LogP contribution in [0.2, 0.25) is 5.02 Å². The first kappa shape index (κ1) is 8.11. The van der Waals surface area contributed by atoms with Crippen LogP contribution < -0.4 is 0 Å². The van der Waals surface area contributed by atoms with Crippen molar-refractivity contribution in [1.82, 2.24) is 0 Å². The van der Waals surface area contributed by atoms with Gasteiger partial charge in [-0.25, -0.2) is 0 Å². The molecule has 1 aromatic rings. The van der Waals surface area contributed by atoms with Crippen LogP contribution in [0, 0.1) is 0 Å². The van der Waals surface area contributed by atoms with Crippen LogP contribution in [0.5, 0.6) is 0 Å². The Morgan fingerprint density at radius 1 is 1.36 bits per heavy atom. The summed E-state index contributed by atoms with van der Waals surface area (Å²) < 4.78 is 0.0901. The minimum absolute atomic E-state index is 0.0901. The van der Waals surface area contributed by atoms with E-state index in [2.05, 4.69) is 0 Å². The minimum atomic E-state index is 0.0901. The molecule has 1 aromatic carbocycles. The number of rotatable bonds is 0. The molecule has 0 amide bonds. The average molecular weight is 223 g/mol. The van der Waals surface area contributed by atoms with Gasteiger partial charge < -0.3 is 0 Å². The van der Waals surface area contributed by atoms with Crippen LogP contribution >= 0.6 is 44.8 Å². The third-order valence-corrected chi connectivity index (χ3v) is 4.95. The summed E-state index contributed by atoms with van der Waals surface area (Å²) in [5, 5.41) is 0.780. The summed E-state index contributed by atoms with van der Waals surface area (Å²) in [4.78, 5) is 1.20. The molecule has 11 heavy (non-hydrogen) atoms. The molecule has 0 saturated carbocycles. The van der Waals surface area contributed by atoms with E-state index in [0.29, 0.717) is 0 Å². The fourth-order valence-corrected chi connectivity index (χ4v) is 4.07. The van der Waals surface area contributed by atoms with E-state index in [1.54, 1.807) is 21.6 Å². The van der Waals surface area contributed by atoms with Gasteiger partial charge in [0.05, 0.1) is 0 Å². The number of hydrogen-bond acceptors (Lipinski definition) is 2. The van der Waals surface area contributed by atoms with Crippen molar-refractivity contribution in [3.8, 4) is 0 Å². The molecule has 0 aliphatic carbocycles. The van der Waals surface area contributed by atoms with Gasteiger partial charge in [0, 0.05) is 9.92 Å². The highest BCUT2D eigenvalue weighted by atomic mass is 35.5. The van der Waals surface area contributed by atoms with Crippen LogP contribution in [0.25, 0.3) is 0 Å². The summed E-state index contributed by atoms with van der Waals surface area (Å²) in [6, 6.07) is 5.82. The molecule has 0 N–H and O–H groups in total. The number of alkyl halides is 1. The number of halogens is 2. The maximum atomic E-state index is 5.99. The summed E-state index contributed by atoms with van der Waals surface area (Å²) in [5.74, 6) is 0. The highest BCUT2D eigenvalue weighted by molar-refractivity contribution is 8.77. The topological polar surface area (TPSA) is 0 Å². The highest BCUT2D eigenvalue weighted by Gasteiger charge is 2.21. The first-order chi connectivity index (χ1) is 5.27. The summed E-state index contributed by atoms with van der Waals surface area (Å²) in [5.41, 5.74) is 1.19. The molecule has 1 aliphatic rings. The monoisotopic (exact) mass is 222 g/mol. The molecule has 0 spiro atoms. The Morgan fingerprint density at radius 2 is 2.18 bits per heavy atom. The molecule has 0 fully saturated rings. The zero-order valence-corrected chi connectivity index (χ0v) is 8.53. The van der Waals surface area contributed by atoms with Crippen LogP contribution in [-0.4, -0.2) is 0 Å². The van der Waals surface area contributed by atoms with Gasteiger partial charge in [-0.3, -0.25) is 0 Å². The first-order valence-corrected chi connectivity index (χ1v) is 6.07. The SMILES string of the molecule is Clc1ccc2c(c1)SSC2Cl. The highest BCUT2D eigenvalue weighted by Crippen LogP contribution is 2.55. The predicted octanol–water partition coefficient (Wildman–Crippen LogP) is 4.33. The van der Waals surface area contributed by atoms with Crippen molar-refractivity contribution < 1.29 is 0 Å². The van der Waals surface area contributed by atoms with Crippen molar-refractivity contribution in [2.45, 2.75) is 9.60 Å². The number of fused-ring (bicyclic) bond motifs is 1. The third kappa shape index (κ3) is 1.50. The van der Waals surface area contributed by atoms with Crippen LogP contribution in [0.15, 0.2) is 23.1 Å². The summed E-state index contributed by atoms with van der Waals surface area (Å²) in [6.45, 7) is 0. The molecule has 0 radical (unpaired) electrons. The van der Waals surface area contributed by atoms with Gasteiger partial charge in [0.2, 0.25) is 0 Å². The van der Waals surface area contributed by atoms with E-state index in [1.807, 2.05) is 18.2 Å². The third-order valence-electron chi connectivity index (χ3n) is 1.44. The number of benzene rings is 1. The van der Waals surface area contributed by atoms with E-state index < -0.39 is 0 Å². The smallest absolute Gasteiger partial charge is 0.105 e. The Balaban J connectivity index is 2.50. The number of hydrogen-bond donors (Lipinski definition) is 0. The lowest BCUT2D eigenvalue weighted by Crippen LogP contribution is -1.79. The molecular formula is C7H4Cl2S2. The largest absolute Gasteiger partial charge is 0.116 e. The van der Waals surface area contributed by atoms with Crippen molar-refractivity contribution in [3.05, 3.63) is 28.8 Å². The standard InChI is InChI=1S/C7H4Cl2S2/c8-4-1-2-5-6(3-4)10-11-7(5)9/h1-3,7H. The second kappa shape index (κ2) is 3.09. The normalized spacial score (nSPS) is 21.8. The van der Waals surface area contributed by atoms with E-state index in [-0.39, 0.29) is 4.71 Å². The van der Waals surface area contributed by atoms with E-state index >= 15 is 0 Å². The molecule has 0 nitrogen and oxygen atoms in total. The van der Waals surface area contributed by atoms with E-state index in [1.165, 1.54) is 10.5 Å². The lowest BCUT2D eigenvalue weighted by atomic mass is 10.2. The van der Waals surface area contributed by atoms with Gasteiger partial charge in [-0.2, -0.15) is 0 Å². The van der Waals surface area contributed by atoms with Crippen molar-refractivity contribution in [1.29, 1.82) is 0 Å². The Morgan fingerprint density at radius 3 is 3.00 bits per heavy atom. The molecule has 0 bridgehead atoms. The minimum Gasteiger partial charge on any atom is -0.105 e. The van der Waals surface area contributed by atoms with E-state index in [4.69, 9.17) is 23.2 Å². The Hall–Kier alpha value is 0.500. The van der Waals surface area contributed by atoms with Gasteiger partial charge in [0.1, 0.15) is 4.71 Å². The van der Waals surface area contributed by atoms with Crippen molar-refractivity contribution in [3.63, 3.8) is 0 Å². The molecule has 1 heterocycles. The lowest BCUT2D eigenvalue weighted by Gasteiger charge is -1.98. The van der Waals surface area contributed by atoms with Crippen LogP contribution in [0.3, 0.4) is 0 Å². The molecule has 1 aliphatic heterocycles. The zero-order valence-electron chi connectivity index (χ0n) is 5.38. The average Bonchev–Trinajstić information content (AvgIpc) is 2.32. The van der Waals surface area contributed by atoms with Gasteiger partial charge in [0.15, 0.2) is 0 Å². The quantitative estimate of drug-likeness (QED) is 0.474. The second-order valence-corrected chi connectivity index (χ2v) is 5.66. The van der Waals surface area contributed by atoms with Gasteiger partial charge in [-0.1, -0.05) is 39.3 Å². The van der Waals surface area contributed by atoms with Crippen molar-refractivity contribution in [2.75, 3.05) is 0 Å². The van der Waals surface area contributed by atoms with Gasteiger partial charge in [-0.05, 0) is 17.7 Å².